The molecular weight excluding hydrogens is 331 g/mol. The summed E-state index contributed by atoms with van der Waals surface area (Å²) in [6, 6.07) is 12.4. The molecule has 3 N–H and O–H groups in total. The molecule has 0 aliphatic heterocycles. The fourth-order valence-corrected chi connectivity index (χ4v) is 3.08. The summed E-state index contributed by atoms with van der Waals surface area (Å²) >= 11 is 0. The monoisotopic (exact) mass is 353 g/mol. The summed E-state index contributed by atoms with van der Waals surface area (Å²) in [5, 5.41) is 9.70. The van der Waals surface area contributed by atoms with Crippen LogP contribution in [0.2, 0.25) is 0 Å². The van der Waals surface area contributed by atoms with Crippen LogP contribution in [0.25, 0.3) is 0 Å². The third-order valence-corrected chi connectivity index (χ3v) is 4.34. The van der Waals surface area contributed by atoms with Gasteiger partial charge < -0.3 is 15.6 Å². The van der Waals surface area contributed by atoms with Gasteiger partial charge in [0, 0.05) is 5.41 Å². The minimum absolute atomic E-state index is 0.205. The van der Waals surface area contributed by atoms with Crippen molar-refractivity contribution in [3.63, 3.8) is 0 Å². The average Bonchev–Trinajstić information content (AvgIpc) is 2.54. The third-order valence-electron chi connectivity index (χ3n) is 4.34. The molecule has 0 aliphatic carbocycles. The van der Waals surface area contributed by atoms with Crippen molar-refractivity contribution in [2.75, 3.05) is 7.11 Å². The molecule has 0 aromatic heterocycles. The Hall–Kier alpha value is -2.05. The van der Waals surface area contributed by atoms with Crippen LogP contribution in [-0.2, 0) is 18.0 Å². The normalized spacial score (nSPS) is 15.5. The number of halogens is 3. The Morgan fingerprint density at radius 1 is 1.04 bits per heavy atom. The predicted molar refractivity (Wildman–Crippen MR) is 90.3 cm³/mol. The average molecular weight is 353 g/mol. The molecule has 1 unspecified atom stereocenters. The largest absolute Gasteiger partial charge is 0.496 e. The molecule has 0 spiro atoms. The van der Waals surface area contributed by atoms with Gasteiger partial charge in [-0.15, -0.1) is 0 Å². The highest BCUT2D eigenvalue weighted by atomic mass is 19.4. The number of aliphatic hydroxyl groups excluding tert-OH is 1. The van der Waals surface area contributed by atoms with Crippen molar-refractivity contribution in [2.45, 2.75) is 37.6 Å². The lowest BCUT2D eigenvalue weighted by Gasteiger charge is -2.32. The quantitative estimate of drug-likeness (QED) is 0.775. The number of alkyl halides is 3. The Morgan fingerprint density at radius 3 is 2.12 bits per heavy atom. The van der Waals surface area contributed by atoms with Crippen molar-refractivity contribution < 1.29 is 23.0 Å². The standard InChI is InChI=1S/C19H22F3NO2/c1-18(12-17(23)24,11-13-5-3-4-6-16(13)25-2)14-7-9-15(10-8-14)19(20,21)22/h3-10,17,24H,11-12,23H2,1-2H3/t17-,18?/m1/s1. The topological polar surface area (TPSA) is 55.5 Å². The SMILES string of the molecule is COc1ccccc1CC(C)(C[C@H](N)O)c1ccc(C(F)(F)F)cc1. The van der Waals surface area contributed by atoms with Gasteiger partial charge in [0.15, 0.2) is 0 Å². The number of ether oxygens (including phenoxy) is 1. The van der Waals surface area contributed by atoms with Gasteiger partial charge in [0.25, 0.3) is 0 Å². The first-order valence-electron chi connectivity index (χ1n) is 7.89. The van der Waals surface area contributed by atoms with Crippen LogP contribution in [0, 0.1) is 0 Å². The van der Waals surface area contributed by atoms with Crippen molar-refractivity contribution in [1.82, 2.24) is 0 Å². The molecule has 0 radical (unpaired) electrons. The Morgan fingerprint density at radius 2 is 1.60 bits per heavy atom. The lowest BCUT2D eigenvalue weighted by atomic mass is 9.74. The van der Waals surface area contributed by atoms with Gasteiger partial charge >= 0.3 is 6.18 Å². The summed E-state index contributed by atoms with van der Waals surface area (Å²) in [4.78, 5) is 0. The van der Waals surface area contributed by atoms with Crippen LogP contribution >= 0.6 is 0 Å². The van der Waals surface area contributed by atoms with E-state index in [1.54, 1.807) is 7.11 Å². The lowest BCUT2D eigenvalue weighted by molar-refractivity contribution is -0.137. The molecule has 2 aromatic rings. The van der Waals surface area contributed by atoms with E-state index in [0.717, 1.165) is 17.7 Å². The zero-order valence-corrected chi connectivity index (χ0v) is 14.2. The number of hydrogen-bond acceptors (Lipinski definition) is 3. The second-order valence-corrected chi connectivity index (χ2v) is 6.40. The zero-order valence-electron chi connectivity index (χ0n) is 14.2. The summed E-state index contributed by atoms with van der Waals surface area (Å²) < 4.78 is 43.7. The zero-order chi connectivity index (χ0) is 18.7. The van der Waals surface area contributed by atoms with Crippen molar-refractivity contribution in [1.29, 1.82) is 0 Å². The first-order valence-corrected chi connectivity index (χ1v) is 7.89. The summed E-state index contributed by atoms with van der Waals surface area (Å²) in [5.74, 6) is 0.687. The predicted octanol–water partition coefficient (Wildman–Crippen LogP) is 3.88. The van der Waals surface area contributed by atoms with Crippen molar-refractivity contribution in [2.24, 2.45) is 5.73 Å². The molecule has 6 heteroatoms. The minimum Gasteiger partial charge on any atom is -0.496 e. The number of hydrogen-bond donors (Lipinski definition) is 2. The van der Waals surface area contributed by atoms with Crippen LogP contribution in [0.15, 0.2) is 48.5 Å². The Labute approximate surface area is 145 Å². The van der Waals surface area contributed by atoms with Crippen LogP contribution < -0.4 is 10.5 Å². The van der Waals surface area contributed by atoms with Crippen molar-refractivity contribution in [3.8, 4) is 5.75 Å². The molecule has 0 saturated heterocycles. The molecule has 3 nitrogen and oxygen atoms in total. The van der Waals surface area contributed by atoms with Crippen LogP contribution in [-0.4, -0.2) is 18.4 Å². The van der Waals surface area contributed by atoms with E-state index in [1.807, 2.05) is 31.2 Å². The highest BCUT2D eigenvalue weighted by Crippen LogP contribution is 2.37. The van der Waals surface area contributed by atoms with Crippen LogP contribution in [0.4, 0.5) is 13.2 Å². The molecule has 0 heterocycles. The number of benzene rings is 2. The van der Waals surface area contributed by atoms with Crippen LogP contribution in [0.3, 0.4) is 0 Å². The second-order valence-electron chi connectivity index (χ2n) is 6.40. The van der Waals surface area contributed by atoms with Gasteiger partial charge in [-0.3, -0.25) is 0 Å². The van der Waals surface area contributed by atoms with E-state index in [4.69, 9.17) is 10.5 Å². The maximum Gasteiger partial charge on any atom is 0.416 e. The van der Waals surface area contributed by atoms with Gasteiger partial charge in [-0.05, 0) is 42.2 Å². The Kier molecular flexibility index (Phi) is 5.75. The van der Waals surface area contributed by atoms with Gasteiger partial charge in [0.05, 0.1) is 12.7 Å². The lowest BCUT2D eigenvalue weighted by Crippen LogP contribution is -2.34. The molecule has 0 aliphatic rings. The van der Waals surface area contributed by atoms with E-state index in [1.165, 1.54) is 12.1 Å². The Bertz CT molecular complexity index is 699. The Balaban J connectivity index is 2.40. The molecule has 0 fully saturated rings. The molecule has 0 bridgehead atoms. The first kappa shape index (κ1) is 19.3. The minimum atomic E-state index is -4.38. The van der Waals surface area contributed by atoms with Gasteiger partial charge in [0.2, 0.25) is 0 Å². The van der Waals surface area contributed by atoms with E-state index >= 15 is 0 Å². The molecule has 136 valence electrons. The van der Waals surface area contributed by atoms with Crippen molar-refractivity contribution >= 4 is 0 Å². The summed E-state index contributed by atoms with van der Waals surface area (Å²) in [5.41, 5.74) is 5.81. The number of para-hydroxylation sites is 1. The highest BCUT2D eigenvalue weighted by molar-refractivity contribution is 5.38. The fourth-order valence-electron chi connectivity index (χ4n) is 3.08. The fraction of sp³-hybridized carbons (Fsp3) is 0.368. The van der Waals surface area contributed by atoms with Gasteiger partial charge in [-0.25, -0.2) is 0 Å². The van der Waals surface area contributed by atoms with Crippen LogP contribution in [0.1, 0.15) is 30.0 Å². The van der Waals surface area contributed by atoms with E-state index in [0.29, 0.717) is 17.7 Å². The van der Waals surface area contributed by atoms with E-state index < -0.39 is 23.4 Å². The highest BCUT2D eigenvalue weighted by Gasteiger charge is 2.33. The van der Waals surface area contributed by atoms with E-state index in [-0.39, 0.29) is 6.42 Å². The maximum absolute atomic E-state index is 12.8. The smallest absolute Gasteiger partial charge is 0.416 e. The summed E-state index contributed by atoms with van der Waals surface area (Å²) in [6.07, 6.45) is -4.79. The van der Waals surface area contributed by atoms with Gasteiger partial charge in [0.1, 0.15) is 12.0 Å². The van der Waals surface area contributed by atoms with Gasteiger partial charge in [-0.2, -0.15) is 13.2 Å². The number of rotatable bonds is 6. The number of aliphatic hydroxyl groups is 1. The molecule has 2 atom stereocenters. The molecule has 2 rings (SSSR count). The second kappa shape index (κ2) is 7.45. The third kappa shape index (κ3) is 4.74. The summed E-state index contributed by atoms with van der Waals surface area (Å²) in [6.45, 7) is 1.87. The number of nitrogens with two attached hydrogens (primary N) is 1. The van der Waals surface area contributed by atoms with Crippen molar-refractivity contribution in [3.05, 3.63) is 65.2 Å². The van der Waals surface area contributed by atoms with Crippen LogP contribution in [0.5, 0.6) is 5.75 Å². The molecular formula is C19H22F3NO2. The van der Waals surface area contributed by atoms with Gasteiger partial charge in [-0.1, -0.05) is 37.3 Å². The van der Waals surface area contributed by atoms with E-state index in [9.17, 15) is 18.3 Å². The molecule has 2 aromatic carbocycles. The number of methoxy groups -OCH3 is 1. The van der Waals surface area contributed by atoms with E-state index in [2.05, 4.69) is 0 Å². The molecule has 0 saturated carbocycles. The molecule has 25 heavy (non-hydrogen) atoms. The maximum atomic E-state index is 12.8. The first-order chi connectivity index (χ1) is 11.7. The molecule has 0 amide bonds. The summed E-state index contributed by atoms with van der Waals surface area (Å²) in [7, 11) is 1.56.